The van der Waals surface area contributed by atoms with Crippen LogP contribution in [0.2, 0.25) is 0 Å². The number of rotatable bonds is 10. The summed E-state index contributed by atoms with van der Waals surface area (Å²) in [5.74, 6) is 0. The lowest BCUT2D eigenvalue weighted by atomic mass is 10.1. The molecule has 0 fully saturated rings. The van der Waals surface area contributed by atoms with Crippen molar-refractivity contribution in [2.75, 3.05) is 0 Å². The van der Waals surface area contributed by atoms with Crippen LogP contribution < -0.4 is 15.9 Å². The Bertz CT molecular complexity index is 957. The van der Waals surface area contributed by atoms with E-state index in [-0.39, 0.29) is 0 Å². The Balaban J connectivity index is 1.73. The second-order valence-corrected chi connectivity index (χ2v) is 12.1. The van der Waals surface area contributed by atoms with Gasteiger partial charge in [0.1, 0.15) is 23.2 Å². The largest absolute Gasteiger partial charge is 0.116 e. The van der Waals surface area contributed by atoms with Crippen molar-refractivity contribution in [2.24, 2.45) is 0 Å². The minimum Gasteiger partial charge on any atom is -0.0654 e. The molecule has 0 aliphatic rings. The topological polar surface area (TPSA) is 0 Å². The summed E-state index contributed by atoms with van der Waals surface area (Å²) in [6, 6.07) is 43.0. The molecule has 0 aliphatic carbocycles. The summed E-state index contributed by atoms with van der Waals surface area (Å²) in [5.41, 5.74) is 2.89. The third-order valence-corrected chi connectivity index (χ3v) is 10.7. The van der Waals surface area contributed by atoms with Gasteiger partial charge in [0.15, 0.2) is 0 Å². The van der Waals surface area contributed by atoms with Crippen molar-refractivity contribution < 1.29 is 0 Å². The van der Waals surface area contributed by atoms with Gasteiger partial charge in [-0.25, -0.2) is 0 Å². The number of benzene rings is 4. The Labute approximate surface area is 194 Å². The third-order valence-electron chi connectivity index (χ3n) is 6.35. The van der Waals surface area contributed by atoms with E-state index < -0.39 is 7.26 Å². The molecular weight excluding hydrogens is 403 g/mol. The predicted molar refractivity (Wildman–Crippen MR) is 143 cm³/mol. The van der Waals surface area contributed by atoms with E-state index in [9.17, 15) is 0 Å². The second kappa shape index (κ2) is 11.3. The first kappa shape index (κ1) is 22.5. The van der Waals surface area contributed by atoms with Crippen molar-refractivity contribution in [3.8, 4) is 0 Å². The second-order valence-electron chi connectivity index (χ2n) is 8.60. The Morgan fingerprint density at radius 3 is 1.34 bits per heavy atom. The van der Waals surface area contributed by atoms with Crippen LogP contribution in [0.25, 0.3) is 0 Å². The lowest BCUT2D eigenvalue weighted by Crippen LogP contribution is -2.32. The summed E-state index contributed by atoms with van der Waals surface area (Å²) in [7, 11) is -1.82. The normalized spacial score (nSPS) is 11.4. The maximum Gasteiger partial charge on any atom is 0.116 e. The molecule has 0 bridgehead atoms. The van der Waals surface area contributed by atoms with Gasteiger partial charge in [0.2, 0.25) is 0 Å². The van der Waals surface area contributed by atoms with Crippen LogP contribution in [0, 0.1) is 0 Å². The first-order valence-electron chi connectivity index (χ1n) is 12.0. The van der Waals surface area contributed by atoms with Crippen LogP contribution in [-0.4, -0.2) is 0 Å². The predicted octanol–water partition coefficient (Wildman–Crippen LogP) is 7.30. The Hall–Kier alpha value is -2.69. The molecule has 0 aliphatic heterocycles. The average Bonchev–Trinajstić information content (AvgIpc) is 2.88. The maximum absolute atomic E-state index is 2.37. The molecule has 0 N–H and O–H groups in total. The smallest absolute Gasteiger partial charge is 0.0654 e. The monoisotopic (exact) mass is 437 g/mol. The number of unbranched alkanes of at least 4 members (excludes halogenated alkanes) is 3. The van der Waals surface area contributed by atoms with E-state index in [1.54, 1.807) is 0 Å². The van der Waals surface area contributed by atoms with E-state index in [1.165, 1.54) is 59.1 Å². The van der Waals surface area contributed by atoms with Gasteiger partial charge in [-0.05, 0) is 60.4 Å². The first-order chi connectivity index (χ1) is 15.8. The molecule has 0 unspecified atom stereocenters. The highest BCUT2D eigenvalue weighted by atomic mass is 31.2. The van der Waals surface area contributed by atoms with Crippen LogP contribution in [0.3, 0.4) is 0 Å². The minimum absolute atomic E-state index is 1.04. The molecular formula is C31H34P+. The zero-order chi connectivity index (χ0) is 22.1. The van der Waals surface area contributed by atoms with Gasteiger partial charge in [0.05, 0.1) is 6.16 Å². The van der Waals surface area contributed by atoms with E-state index >= 15 is 0 Å². The molecule has 162 valence electrons. The Morgan fingerprint density at radius 2 is 0.906 bits per heavy atom. The molecule has 0 spiro atoms. The van der Waals surface area contributed by atoms with Crippen LogP contribution >= 0.6 is 7.26 Å². The van der Waals surface area contributed by atoms with E-state index in [4.69, 9.17) is 0 Å². The molecule has 32 heavy (non-hydrogen) atoms. The van der Waals surface area contributed by atoms with Gasteiger partial charge in [-0.15, -0.1) is 0 Å². The fraction of sp³-hybridized carbons (Fsp3) is 0.226. The molecule has 1 heteroatoms. The fourth-order valence-corrected chi connectivity index (χ4v) is 8.85. The summed E-state index contributed by atoms with van der Waals surface area (Å²) in [6.07, 6.45) is 7.50. The van der Waals surface area contributed by atoms with Crippen molar-refractivity contribution in [3.05, 3.63) is 126 Å². The highest BCUT2D eigenvalue weighted by molar-refractivity contribution is 7.95. The minimum atomic E-state index is -1.82. The number of hydrogen-bond donors (Lipinski definition) is 0. The van der Waals surface area contributed by atoms with E-state index in [0.29, 0.717) is 0 Å². The number of aryl methyl sites for hydroxylation is 1. The molecule has 0 aromatic heterocycles. The SMILES string of the molecule is CCCCCCc1ccc(C[P+](c2ccccc2)(c2ccccc2)c2ccccc2)cc1. The first-order valence-corrected chi connectivity index (χ1v) is 13.9. The van der Waals surface area contributed by atoms with E-state index in [2.05, 4.69) is 122 Å². The molecule has 0 amide bonds. The quantitative estimate of drug-likeness (QED) is 0.180. The van der Waals surface area contributed by atoms with Crippen LogP contribution in [0.4, 0.5) is 0 Å². The molecule has 0 nitrogen and oxygen atoms in total. The van der Waals surface area contributed by atoms with E-state index in [0.717, 1.165) is 6.16 Å². The van der Waals surface area contributed by atoms with Gasteiger partial charge < -0.3 is 0 Å². The summed E-state index contributed by atoms with van der Waals surface area (Å²) in [5, 5.41) is 4.34. The van der Waals surface area contributed by atoms with Gasteiger partial charge in [0, 0.05) is 0 Å². The van der Waals surface area contributed by atoms with Crippen molar-refractivity contribution in [2.45, 2.75) is 45.2 Å². The van der Waals surface area contributed by atoms with Gasteiger partial charge in [-0.1, -0.05) is 105 Å². The van der Waals surface area contributed by atoms with Gasteiger partial charge >= 0.3 is 0 Å². The summed E-state index contributed by atoms with van der Waals surface area (Å²) in [6.45, 7) is 2.27. The van der Waals surface area contributed by atoms with Crippen LogP contribution in [0.15, 0.2) is 115 Å². The Morgan fingerprint density at radius 1 is 0.469 bits per heavy atom. The summed E-state index contributed by atoms with van der Waals surface area (Å²) < 4.78 is 0. The Kier molecular flexibility index (Phi) is 7.92. The highest BCUT2D eigenvalue weighted by Crippen LogP contribution is 2.58. The molecule has 0 heterocycles. The molecule has 0 saturated carbocycles. The highest BCUT2D eigenvalue weighted by Gasteiger charge is 2.45. The van der Waals surface area contributed by atoms with Crippen molar-refractivity contribution >= 4 is 23.2 Å². The maximum atomic E-state index is 2.37. The molecule has 0 saturated heterocycles. The van der Waals surface area contributed by atoms with Crippen LogP contribution in [0.1, 0.15) is 43.7 Å². The summed E-state index contributed by atoms with van der Waals surface area (Å²) >= 11 is 0. The number of hydrogen-bond acceptors (Lipinski definition) is 0. The van der Waals surface area contributed by atoms with E-state index in [1.807, 2.05) is 0 Å². The standard InChI is InChI=1S/C31H34P/c1-2-3-4-8-15-27-22-24-28(25-23-27)26-32(29-16-9-5-10-17-29,30-18-11-6-12-19-30)31-20-13-7-14-21-31/h5-7,9-14,16-25H,2-4,8,15,26H2,1H3/q+1. The molecule has 0 atom stereocenters. The zero-order valence-electron chi connectivity index (χ0n) is 19.2. The molecule has 0 radical (unpaired) electrons. The van der Waals surface area contributed by atoms with Gasteiger partial charge in [-0.2, -0.15) is 0 Å². The zero-order valence-corrected chi connectivity index (χ0v) is 20.1. The van der Waals surface area contributed by atoms with Gasteiger partial charge in [-0.3, -0.25) is 0 Å². The molecule has 4 rings (SSSR count). The molecule has 4 aromatic rings. The lowest BCUT2D eigenvalue weighted by molar-refractivity contribution is 0.667. The van der Waals surface area contributed by atoms with Crippen LogP contribution in [-0.2, 0) is 12.6 Å². The van der Waals surface area contributed by atoms with Crippen LogP contribution in [0.5, 0.6) is 0 Å². The average molecular weight is 438 g/mol. The summed E-state index contributed by atoms with van der Waals surface area (Å²) in [4.78, 5) is 0. The van der Waals surface area contributed by atoms with Gasteiger partial charge in [0.25, 0.3) is 0 Å². The fourth-order valence-electron chi connectivity index (χ4n) is 4.61. The van der Waals surface area contributed by atoms with Crippen molar-refractivity contribution in [1.29, 1.82) is 0 Å². The lowest BCUT2D eigenvalue weighted by Gasteiger charge is -2.28. The molecule has 4 aromatic carbocycles. The van der Waals surface area contributed by atoms with Crippen molar-refractivity contribution in [3.63, 3.8) is 0 Å². The van der Waals surface area contributed by atoms with Crippen molar-refractivity contribution in [1.82, 2.24) is 0 Å². The third kappa shape index (κ3) is 5.20.